The van der Waals surface area contributed by atoms with E-state index < -0.39 is 29.2 Å². The number of benzene rings is 4. The third kappa shape index (κ3) is 6.35. The lowest BCUT2D eigenvalue weighted by Gasteiger charge is -2.32. The first-order valence-electron chi connectivity index (χ1n) is 11.5. The van der Waals surface area contributed by atoms with Gasteiger partial charge in [0.25, 0.3) is 11.7 Å². The summed E-state index contributed by atoms with van der Waals surface area (Å²) >= 11 is 0. The van der Waals surface area contributed by atoms with Crippen molar-refractivity contribution in [2.24, 2.45) is 5.73 Å². The number of hydrogen-bond acceptors (Lipinski definition) is 8. The van der Waals surface area contributed by atoms with E-state index in [9.17, 15) is 4.79 Å². The average Bonchev–Trinajstić information content (AvgIpc) is 3.41. The molecular weight excluding hydrogens is 541 g/mol. The minimum absolute atomic E-state index is 0.491. The Morgan fingerprint density at radius 3 is 1.46 bits per heavy atom. The molecule has 5 rings (SSSR count). The number of halogens is 1. The van der Waals surface area contributed by atoms with Crippen LogP contribution < -0.4 is 35.6 Å². The quantitative estimate of drug-likeness (QED) is 0.241. The first-order valence-corrected chi connectivity index (χ1v) is 14.7. The number of amides is 1. The molecule has 12 heteroatoms. The fraction of sp³-hybridized carbons (Fsp3) is 0.0370. The van der Waals surface area contributed by atoms with Crippen LogP contribution in [0.1, 0.15) is 5.78 Å². The molecule has 198 valence electrons. The lowest BCUT2D eigenvalue weighted by Crippen LogP contribution is -2.58. The Balaban J connectivity index is 0.000000648. The fourth-order valence-electron chi connectivity index (χ4n) is 4.47. The molecule has 10 nitrogen and oxygen atoms in total. The van der Waals surface area contributed by atoms with Crippen molar-refractivity contribution in [1.29, 1.82) is 0 Å². The van der Waals surface area contributed by atoms with Gasteiger partial charge in [0.2, 0.25) is 0 Å². The van der Waals surface area contributed by atoms with E-state index in [2.05, 4.69) is 51.9 Å². The van der Waals surface area contributed by atoms with Crippen molar-refractivity contribution in [2.75, 3.05) is 0 Å². The average molecular weight is 565 g/mol. The zero-order valence-corrected chi connectivity index (χ0v) is 22.0. The predicted molar refractivity (Wildman–Crippen MR) is 139 cm³/mol. The highest BCUT2D eigenvalue weighted by Crippen LogP contribution is 2.65. The van der Waals surface area contributed by atoms with Crippen LogP contribution in [0.5, 0.6) is 0 Å². The van der Waals surface area contributed by atoms with E-state index in [1.165, 1.54) is 0 Å². The maximum atomic E-state index is 13.5. The van der Waals surface area contributed by atoms with Crippen molar-refractivity contribution in [1.82, 2.24) is 20.2 Å². The van der Waals surface area contributed by atoms with Crippen molar-refractivity contribution in [3.05, 3.63) is 121 Å². The molecule has 0 spiro atoms. The smallest absolute Gasteiger partial charge is 0.282 e. The van der Waals surface area contributed by atoms with Gasteiger partial charge >= 0.3 is 0 Å². The Morgan fingerprint density at radius 1 is 0.744 bits per heavy atom. The van der Waals surface area contributed by atoms with Gasteiger partial charge in [-0.1, -0.05) is 84.9 Å². The Morgan fingerprint density at radius 2 is 1.10 bits per heavy atom. The summed E-state index contributed by atoms with van der Waals surface area (Å²) in [6.45, 7) is 0. The highest BCUT2D eigenvalue weighted by Gasteiger charge is 2.57. The van der Waals surface area contributed by atoms with Gasteiger partial charge in [0.1, 0.15) is 23.2 Å². The number of primary amides is 1. The number of hydrogen-bond donors (Lipinski definition) is 2. The molecule has 0 aliphatic rings. The second-order valence-corrected chi connectivity index (χ2v) is 12.5. The molecule has 39 heavy (non-hydrogen) atoms. The molecule has 0 saturated heterocycles. The van der Waals surface area contributed by atoms with Gasteiger partial charge in [-0.05, 0) is 46.8 Å². The first kappa shape index (κ1) is 28.0. The SMILES string of the molecule is NC(=O)C(n1nnnc1-c1ccccc1)[P+](c1ccccc1)(c1ccccc1)c1ccccc1.[O-][Cl+3]([O-])([O-])O. The van der Waals surface area contributed by atoms with E-state index in [1.54, 1.807) is 4.68 Å². The van der Waals surface area contributed by atoms with Crippen LogP contribution in [0, 0.1) is 10.2 Å². The van der Waals surface area contributed by atoms with E-state index in [1.807, 2.05) is 84.9 Å². The number of aromatic nitrogens is 4. The Labute approximate surface area is 227 Å². The van der Waals surface area contributed by atoms with E-state index in [0.29, 0.717) is 5.82 Å². The topological polar surface area (TPSA) is 176 Å². The number of nitrogens with two attached hydrogens (primary N) is 1. The molecule has 4 aromatic carbocycles. The molecule has 0 saturated carbocycles. The second kappa shape index (κ2) is 12.2. The zero-order valence-electron chi connectivity index (χ0n) is 20.4. The molecule has 1 aromatic heterocycles. The minimum atomic E-state index is -4.69. The van der Waals surface area contributed by atoms with Crippen molar-refractivity contribution in [3.8, 4) is 11.4 Å². The molecule has 1 atom stereocenters. The van der Waals surface area contributed by atoms with Gasteiger partial charge in [0.15, 0.2) is 5.82 Å². The summed E-state index contributed by atoms with van der Waals surface area (Å²) < 4.78 is 34.3. The molecule has 0 aliphatic carbocycles. The highest BCUT2D eigenvalue weighted by molar-refractivity contribution is 7.96. The second-order valence-electron chi connectivity index (χ2n) is 8.21. The lowest BCUT2D eigenvalue weighted by molar-refractivity contribution is -1.92. The van der Waals surface area contributed by atoms with Gasteiger partial charge in [-0.25, -0.2) is 0 Å². The van der Waals surface area contributed by atoms with Crippen molar-refractivity contribution in [2.45, 2.75) is 5.78 Å². The van der Waals surface area contributed by atoms with Gasteiger partial charge in [0, 0.05) is 5.56 Å². The lowest BCUT2D eigenvalue weighted by atomic mass is 10.2. The summed E-state index contributed by atoms with van der Waals surface area (Å²) in [5.41, 5.74) is 7.06. The third-order valence-corrected chi connectivity index (χ3v) is 10.4. The summed E-state index contributed by atoms with van der Waals surface area (Å²) in [5.74, 6) is -0.837. The number of carbonyl (C=O) groups is 1. The van der Waals surface area contributed by atoms with Crippen LogP contribution in [0.3, 0.4) is 0 Å². The zero-order chi connectivity index (χ0) is 27.9. The maximum absolute atomic E-state index is 13.5. The third-order valence-electron chi connectivity index (χ3n) is 5.87. The molecular formula is C27H24ClN5O5P+. The van der Waals surface area contributed by atoms with Crippen molar-refractivity contribution in [3.63, 3.8) is 0 Å². The maximum Gasteiger partial charge on any atom is 0.282 e. The molecule has 1 unspecified atom stereocenters. The molecule has 3 N–H and O–H groups in total. The van der Waals surface area contributed by atoms with E-state index >= 15 is 0 Å². The summed E-state index contributed by atoms with van der Waals surface area (Å²) in [5, 5.41) is 15.7. The van der Waals surface area contributed by atoms with Crippen LogP contribution in [0.15, 0.2) is 121 Å². The standard InChI is InChI=1S/C27H22N5OP.ClHO4/c28-25(33)27(32-26(29-30-31-32)21-13-5-1-6-14-21)34(22-15-7-2-8-16-22,23-17-9-3-10-18-23)24-19-11-4-12-20-24;2-1(3,4)5/h1-20,27H,(H-,28,33);(H,2,3,4,5)/p+1. The van der Waals surface area contributed by atoms with Gasteiger partial charge in [0.05, 0.1) is 14.9 Å². The van der Waals surface area contributed by atoms with Crippen LogP contribution in [0.4, 0.5) is 0 Å². The number of carbonyl (C=O) groups excluding carboxylic acids is 1. The van der Waals surface area contributed by atoms with E-state index in [0.717, 1.165) is 21.5 Å². The van der Waals surface area contributed by atoms with Gasteiger partial charge in [-0.15, -0.1) is 5.10 Å². The molecule has 0 radical (unpaired) electrons. The highest BCUT2D eigenvalue weighted by atomic mass is 35.7. The molecule has 0 fully saturated rings. The van der Waals surface area contributed by atoms with Gasteiger partial charge in [-0.2, -0.15) is 18.7 Å². The predicted octanol–water partition coefficient (Wildman–Crippen LogP) is -0.806. The van der Waals surface area contributed by atoms with E-state index in [-0.39, 0.29) is 0 Å². The Hall–Kier alpha value is -4.02. The summed E-state index contributed by atoms with van der Waals surface area (Å²) in [6.07, 6.45) is 0. The fourth-order valence-corrected chi connectivity index (χ4v) is 9.01. The van der Waals surface area contributed by atoms with E-state index in [4.69, 9.17) is 24.4 Å². The Kier molecular flexibility index (Phi) is 8.78. The van der Waals surface area contributed by atoms with Crippen LogP contribution >= 0.6 is 7.26 Å². The van der Waals surface area contributed by atoms with Crippen LogP contribution in [-0.4, -0.2) is 30.8 Å². The van der Waals surface area contributed by atoms with Crippen LogP contribution in [0.25, 0.3) is 11.4 Å². The van der Waals surface area contributed by atoms with Gasteiger partial charge in [-0.3, -0.25) is 4.79 Å². The Bertz CT molecular complexity index is 1380. The number of tetrazole rings is 1. The molecule has 5 aromatic rings. The minimum Gasteiger partial charge on any atom is -0.364 e. The largest absolute Gasteiger partial charge is 0.364 e. The van der Waals surface area contributed by atoms with Crippen molar-refractivity contribution < 1.29 is 33.7 Å². The van der Waals surface area contributed by atoms with Crippen LogP contribution in [0.2, 0.25) is 0 Å². The normalized spacial score (nSPS) is 12.2. The van der Waals surface area contributed by atoms with Crippen molar-refractivity contribution >= 4 is 29.1 Å². The molecule has 0 aliphatic heterocycles. The monoisotopic (exact) mass is 564 g/mol. The summed E-state index contributed by atoms with van der Waals surface area (Å²) in [6, 6.07) is 39.9. The molecule has 1 amide bonds. The molecule has 1 heterocycles. The summed E-state index contributed by atoms with van der Waals surface area (Å²) in [7, 11) is -7.40. The number of rotatable bonds is 7. The number of nitrogens with zero attached hydrogens (tertiary/aromatic N) is 4. The summed E-state index contributed by atoms with van der Waals surface area (Å²) in [4.78, 5) is 13.5. The first-order chi connectivity index (χ1) is 18.7. The van der Waals surface area contributed by atoms with Crippen LogP contribution in [-0.2, 0) is 4.79 Å². The van der Waals surface area contributed by atoms with Gasteiger partial charge < -0.3 is 5.73 Å². The molecule has 0 bridgehead atoms.